The molecule has 28 heavy (non-hydrogen) atoms. The summed E-state index contributed by atoms with van der Waals surface area (Å²) in [5.74, 6) is 1.92. The average molecular weight is 382 g/mol. The van der Waals surface area contributed by atoms with E-state index in [2.05, 4.69) is 19.8 Å². The van der Waals surface area contributed by atoms with Crippen LogP contribution < -0.4 is 4.90 Å². The quantitative estimate of drug-likeness (QED) is 0.797. The van der Waals surface area contributed by atoms with Crippen LogP contribution in [0.5, 0.6) is 0 Å². The molecule has 0 spiro atoms. The van der Waals surface area contributed by atoms with Gasteiger partial charge in [0.25, 0.3) is 5.91 Å². The van der Waals surface area contributed by atoms with Gasteiger partial charge in [-0.2, -0.15) is 0 Å². The van der Waals surface area contributed by atoms with E-state index in [1.165, 1.54) is 0 Å². The molecule has 1 aromatic heterocycles. The van der Waals surface area contributed by atoms with Crippen LogP contribution in [-0.4, -0.2) is 65.9 Å². The lowest BCUT2D eigenvalue weighted by atomic mass is 10.0. The third kappa shape index (κ3) is 4.68. The monoisotopic (exact) mass is 381 g/mol. The third-order valence-electron chi connectivity index (χ3n) is 5.34. The molecule has 3 rings (SSSR count). The molecule has 2 heterocycles. The van der Waals surface area contributed by atoms with Crippen molar-refractivity contribution in [1.29, 1.82) is 0 Å². The Labute approximate surface area is 168 Å². The van der Waals surface area contributed by atoms with Crippen LogP contribution in [0.1, 0.15) is 40.3 Å². The van der Waals surface area contributed by atoms with Gasteiger partial charge in [-0.05, 0) is 52.4 Å². The molecule has 6 heteroatoms. The van der Waals surface area contributed by atoms with Crippen LogP contribution in [-0.2, 0) is 6.54 Å². The van der Waals surface area contributed by atoms with Crippen molar-refractivity contribution in [3.05, 3.63) is 53.0 Å². The van der Waals surface area contributed by atoms with E-state index >= 15 is 0 Å². The molecule has 1 aliphatic heterocycles. The van der Waals surface area contributed by atoms with Crippen LogP contribution in [0.15, 0.2) is 30.3 Å². The van der Waals surface area contributed by atoms with Gasteiger partial charge < -0.3 is 14.7 Å². The Bertz CT molecular complexity index is 807. The highest BCUT2D eigenvalue weighted by Crippen LogP contribution is 2.23. The second-order valence-electron chi connectivity index (χ2n) is 7.94. The van der Waals surface area contributed by atoms with Gasteiger partial charge in [-0.25, -0.2) is 9.97 Å². The highest BCUT2D eigenvalue weighted by Gasteiger charge is 2.27. The summed E-state index contributed by atoms with van der Waals surface area (Å²) >= 11 is 0. The topological polar surface area (TPSA) is 52.6 Å². The predicted octanol–water partition coefficient (Wildman–Crippen LogP) is 2.90. The van der Waals surface area contributed by atoms with Gasteiger partial charge in [-0.3, -0.25) is 4.79 Å². The Morgan fingerprint density at radius 2 is 1.79 bits per heavy atom. The Balaban J connectivity index is 1.67. The van der Waals surface area contributed by atoms with Crippen LogP contribution in [0.25, 0.3) is 0 Å². The minimum Gasteiger partial charge on any atom is -0.356 e. The van der Waals surface area contributed by atoms with Crippen LogP contribution in [0.3, 0.4) is 0 Å². The Hall–Kier alpha value is -2.47. The molecular weight excluding hydrogens is 350 g/mol. The van der Waals surface area contributed by atoms with E-state index in [4.69, 9.17) is 0 Å². The van der Waals surface area contributed by atoms with Crippen molar-refractivity contribution in [2.75, 3.05) is 39.1 Å². The lowest BCUT2D eigenvalue weighted by Crippen LogP contribution is -2.46. The first kappa shape index (κ1) is 20.3. The van der Waals surface area contributed by atoms with E-state index in [9.17, 15) is 4.79 Å². The number of carbonyl (C=O) groups excluding carboxylic acids is 1. The van der Waals surface area contributed by atoms with Gasteiger partial charge in [-0.15, -0.1) is 0 Å². The van der Waals surface area contributed by atoms with E-state index in [0.29, 0.717) is 0 Å². The van der Waals surface area contributed by atoms with E-state index in [1.807, 2.05) is 70.2 Å². The summed E-state index contributed by atoms with van der Waals surface area (Å²) in [6, 6.07) is 10.2. The number of aryl methyl sites for hydroxylation is 2. The number of aromatic nitrogens is 2. The molecule has 0 aliphatic carbocycles. The smallest absolute Gasteiger partial charge is 0.254 e. The molecule has 6 nitrogen and oxygen atoms in total. The number of nitrogens with zero attached hydrogens (tertiary/aromatic N) is 5. The summed E-state index contributed by atoms with van der Waals surface area (Å²) in [5, 5.41) is 0. The fraction of sp³-hybridized carbons (Fsp3) is 0.500. The molecule has 150 valence electrons. The maximum atomic E-state index is 13.2. The standard InChI is InChI=1S/C22H31N5O/c1-16-14-21(24-17(2)23-16)27-12-10-19(11-13-27)26(5)22(28)20-9-7-6-8-18(20)15-25(3)4/h6-9,14,19H,10-13,15H2,1-5H3. The van der Waals surface area contributed by atoms with Crippen molar-refractivity contribution < 1.29 is 4.79 Å². The average Bonchev–Trinajstić information content (AvgIpc) is 2.66. The molecule has 0 unspecified atom stereocenters. The fourth-order valence-electron chi connectivity index (χ4n) is 3.90. The van der Waals surface area contributed by atoms with Gasteiger partial charge >= 0.3 is 0 Å². The molecule has 1 aromatic carbocycles. The molecular formula is C22H31N5O. The number of amides is 1. The van der Waals surface area contributed by atoms with E-state index in [-0.39, 0.29) is 11.9 Å². The SMILES string of the molecule is Cc1cc(N2CCC(N(C)C(=O)c3ccccc3CN(C)C)CC2)nc(C)n1. The Kier molecular flexibility index (Phi) is 6.29. The van der Waals surface area contributed by atoms with Gasteiger partial charge in [0, 0.05) is 50.0 Å². The second kappa shape index (κ2) is 8.69. The third-order valence-corrected chi connectivity index (χ3v) is 5.34. The minimum absolute atomic E-state index is 0.115. The van der Waals surface area contributed by atoms with Crippen molar-refractivity contribution in [1.82, 2.24) is 19.8 Å². The normalized spacial score (nSPS) is 15.1. The van der Waals surface area contributed by atoms with Crippen LogP contribution in [0, 0.1) is 13.8 Å². The molecule has 2 aromatic rings. The van der Waals surface area contributed by atoms with Gasteiger partial charge in [0.05, 0.1) is 0 Å². The van der Waals surface area contributed by atoms with Gasteiger partial charge in [0.2, 0.25) is 0 Å². The lowest BCUT2D eigenvalue weighted by molar-refractivity contribution is 0.0707. The van der Waals surface area contributed by atoms with Gasteiger partial charge in [0.15, 0.2) is 0 Å². The zero-order chi connectivity index (χ0) is 20.3. The van der Waals surface area contributed by atoms with Gasteiger partial charge in [-0.1, -0.05) is 18.2 Å². The number of benzene rings is 1. The summed E-state index contributed by atoms with van der Waals surface area (Å²) in [6.45, 7) is 6.50. The number of piperidine rings is 1. The molecule has 0 bridgehead atoms. The highest BCUT2D eigenvalue weighted by atomic mass is 16.2. The molecule has 1 amide bonds. The summed E-state index contributed by atoms with van der Waals surface area (Å²) in [6.07, 6.45) is 1.89. The van der Waals surface area contributed by atoms with Crippen molar-refractivity contribution in [2.45, 2.75) is 39.3 Å². The Morgan fingerprint density at radius 1 is 1.11 bits per heavy atom. The zero-order valence-corrected chi connectivity index (χ0v) is 17.6. The largest absolute Gasteiger partial charge is 0.356 e. The molecule has 0 atom stereocenters. The lowest BCUT2D eigenvalue weighted by Gasteiger charge is -2.37. The summed E-state index contributed by atoms with van der Waals surface area (Å²) < 4.78 is 0. The minimum atomic E-state index is 0.115. The summed E-state index contributed by atoms with van der Waals surface area (Å²) in [7, 11) is 5.99. The van der Waals surface area contributed by atoms with Crippen molar-refractivity contribution in [3.8, 4) is 0 Å². The number of hydrogen-bond acceptors (Lipinski definition) is 5. The van der Waals surface area contributed by atoms with Crippen LogP contribution >= 0.6 is 0 Å². The molecule has 0 radical (unpaired) electrons. The number of rotatable bonds is 5. The first-order valence-corrected chi connectivity index (χ1v) is 9.92. The number of hydrogen-bond donors (Lipinski definition) is 0. The first-order chi connectivity index (χ1) is 13.3. The zero-order valence-electron chi connectivity index (χ0n) is 17.6. The van der Waals surface area contributed by atoms with Crippen LogP contribution in [0.4, 0.5) is 5.82 Å². The van der Waals surface area contributed by atoms with E-state index in [0.717, 1.165) is 60.9 Å². The summed E-state index contributed by atoms with van der Waals surface area (Å²) in [5.41, 5.74) is 2.88. The molecule has 0 saturated carbocycles. The molecule has 0 N–H and O–H groups in total. The molecule has 1 saturated heterocycles. The molecule has 1 fully saturated rings. The maximum Gasteiger partial charge on any atom is 0.254 e. The van der Waals surface area contributed by atoms with Gasteiger partial charge in [0.1, 0.15) is 11.6 Å². The highest BCUT2D eigenvalue weighted by molar-refractivity contribution is 5.95. The van der Waals surface area contributed by atoms with Crippen molar-refractivity contribution in [2.24, 2.45) is 0 Å². The van der Waals surface area contributed by atoms with Crippen molar-refractivity contribution >= 4 is 11.7 Å². The second-order valence-corrected chi connectivity index (χ2v) is 7.94. The number of carbonyl (C=O) groups is 1. The summed E-state index contributed by atoms with van der Waals surface area (Å²) in [4.78, 5) is 28.4. The van der Waals surface area contributed by atoms with Crippen molar-refractivity contribution in [3.63, 3.8) is 0 Å². The maximum absolute atomic E-state index is 13.2. The fourth-order valence-corrected chi connectivity index (χ4v) is 3.90. The predicted molar refractivity (Wildman–Crippen MR) is 113 cm³/mol. The van der Waals surface area contributed by atoms with E-state index < -0.39 is 0 Å². The van der Waals surface area contributed by atoms with Crippen LogP contribution in [0.2, 0.25) is 0 Å². The van der Waals surface area contributed by atoms with E-state index in [1.54, 1.807) is 0 Å². The first-order valence-electron chi connectivity index (χ1n) is 9.92. The molecule has 1 aliphatic rings. The Morgan fingerprint density at radius 3 is 2.43 bits per heavy atom. The number of anilines is 1.